The summed E-state index contributed by atoms with van der Waals surface area (Å²) in [6.07, 6.45) is 3.57. The van der Waals surface area contributed by atoms with Gasteiger partial charge in [-0.2, -0.15) is 0 Å². The van der Waals surface area contributed by atoms with Crippen molar-refractivity contribution in [3.8, 4) is 0 Å². The summed E-state index contributed by atoms with van der Waals surface area (Å²) in [6.45, 7) is 3.94. The van der Waals surface area contributed by atoms with E-state index in [9.17, 15) is 0 Å². The molecule has 0 aliphatic rings. The van der Waals surface area contributed by atoms with Crippen molar-refractivity contribution in [2.45, 2.75) is 13.8 Å². The van der Waals surface area contributed by atoms with E-state index in [0.717, 1.165) is 11.4 Å². The van der Waals surface area contributed by atoms with E-state index < -0.39 is 0 Å². The van der Waals surface area contributed by atoms with Crippen LogP contribution in [0.25, 0.3) is 0 Å². The van der Waals surface area contributed by atoms with Gasteiger partial charge in [-0.15, -0.1) is 0 Å². The minimum atomic E-state index is 0. The van der Waals surface area contributed by atoms with Crippen LogP contribution in [-0.2, 0) is 20.4 Å². The van der Waals surface area contributed by atoms with Crippen LogP contribution in [0.1, 0.15) is 11.4 Å². The van der Waals surface area contributed by atoms with Crippen LogP contribution in [0.15, 0.2) is 48.8 Å². The van der Waals surface area contributed by atoms with E-state index in [2.05, 4.69) is 9.97 Å². The Labute approximate surface area is 129 Å². The molecule has 0 aliphatic carbocycles. The van der Waals surface area contributed by atoms with Crippen LogP contribution in [0, 0.1) is 13.8 Å². The van der Waals surface area contributed by atoms with Gasteiger partial charge < -0.3 is 24.8 Å². The molecule has 0 saturated heterocycles. The minimum Gasteiger partial charge on any atom is -1.00 e. The molecule has 0 aliphatic heterocycles. The summed E-state index contributed by atoms with van der Waals surface area (Å²) in [5.41, 5.74) is 2.14. The molecule has 2 heterocycles. The van der Waals surface area contributed by atoms with Crippen molar-refractivity contribution in [1.29, 1.82) is 0 Å². The Morgan fingerprint density at radius 3 is 1.18 bits per heavy atom. The Bertz CT molecular complexity index is 320. The van der Waals surface area contributed by atoms with Gasteiger partial charge >= 0.3 is 20.4 Å². The molecule has 0 spiro atoms. The maximum absolute atomic E-state index is 3.98. The Balaban J connectivity index is -0.000000196. The zero-order valence-corrected chi connectivity index (χ0v) is 12.7. The first-order chi connectivity index (χ1) is 6.79. The van der Waals surface area contributed by atoms with Crippen molar-refractivity contribution in [2.24, 2.45) is 0 Å². The number of hydrogen-bond donors (Lipinski definition) is 0. The van der Waals surface area contributed by atoms with Crippen molar-refractivity contribution in [2.75, 3.05) is 0 Å². The SMILES string of the molecule is Cc1ccccn1.Cc1ccccn1.[Cl-].[Cl-].[Pd+2]. The van der Waals surface area contributed by atoms with E-state index in [1.807, 2.05) is 50.2 Å². The van der Waals surface area contributed by atoms with Crippen LogP contribution in [0.2, 0.25) is 0 Å². The van der Waals surface area contributed by atoms with E-state index in [1.54, 1.807) is 12.4 Å². The molecule has 0 aromatic carbocycles. The molecule has 2 aromatic heterocycles. The van der Waals surface area contributed by atoms with Gasteiger partial charge in [-0.3, -0.25) is 9.97 Å². The monoisotopic (exact) mass is 362 g/mol. The van der Waals surface area contributed by atoms with Crippen LogP contribution in [-0.4, -0.2) is 9.97 Å². The van der Waals surface area contributed by atoms with Crippen molar-refractivity contribution in [3.05, 3.63) is 60.2 Å². The fourth-order valence-corrected chi connectivity index (χ4v) is 0.896. The third-order valence-corrected chi connectivity index (χ3v) is 1.63. The average Bonchev–Trinajstić information content (AvgIpc) is 2.21. The molecule has 0 amide bonds. The number of aryl methyl sites for hydroxylation is 2. The molecular weight excluding hydrogens is 349 g/mol. The first-order valence-corrected chi connectivity index (χ1v) is 4.54. The van der Waals surface area contributed by atoms with E-state index in [0.29, 0.717) is 0 Å². The third-order valence-electron chi connectivity index (χ3n) is 1.63. The van der Waals surface area contributed by atoms with Gasteiger partial charge in [-0.1, -0.05) is 12.1 Å². The third kappa shape index (κ3) is 11.8. The Kier molecular flexibility index (Phi) is 17.4. The van der Waals surface area contributed by atoms with Crippen molar-refractivity contribution >= 4 is 0 Å². The molecule has 0 unspecified atom stereocenters. The second kappa shape index (κ2) is 13.6. The number of nitrogens with zero attached hydrogens (tertiary/aromatic N) is 2. The molecule has 0 N–H and O–H groups in total. The maximum atomic E-state index is 3.98. The summed E-state index contributed by atoms with van der Waals surface area (Å²) in [5.74, 6) is 0. The number of aromatic nitrogens is 2. The number of pyridine rings is 2. The van der Waals surface area contributed by atoms with Crippen molar-refractivity contribution in [3.63, 3.8) is 0 Å². The second-order valence-corrected chi connectivity index (χ2v) is 2.94. The van der Waals surface area contributed by atoms with Crippen molar-refractivity contribution < 1.29 is 45.2 Å². The van der Waals surface area contributed by atoms with Gasteiger partial charge in [-0.25, -0.2) is 0 Å². The molecule has 5 heteroatoms. The average molecular weight is 364 g/mol. The fourth-order valence-electron chi connectivity index (χ4n) is 0.896. The summed E-state index contributed by atoms with van der Waals surface area (Å²) in [4.78, 5) is 7.96. The van der Waals surface area contributed by atoms with Gasteiger partial charge in [0.05, 0.1) is 0 Å². The fraction of sp³-hybridized carbons (Fsp3) is 0.167. The number of rotatable bonds is 0. The van der Waals surface area contributed by atoms with Gasteiger partial charge in [0.15, 0.2) is 0 Å². The molecule has 96 valence electrons. The normalized spacial score (nSPS) is 7.18. The van der Waals surface area contributed by atoms with Crippen LogP contribution in [0.5, 0.6) is 0 Å². The molecule has 0 atom stereocenters. The molecule has 0 bridgehead atoms. The topological polar surface area (TPSA) is 25.8 Å². The second-order valence-electron chi connectivity index (χ2n) is 2.94. The Morgan fingerprint density at radius 2 is 1.06 bits per heavy atom. The molecule has 0 radical (unpaired) electrons. The zero-order chi connectivity index (χ0) is 10.2. The van der Waals surface area contributed by atoms with Crippen LogP contribution >= 0.6 is 0 Å². The number of halogens is 2. The summed E-state index contributed by atoms with van der Waals surface area (Å²) in [6, 6.07) is 11.7. The quantitative estimate of drug-likeness (QED) is 0.461. The Hall–Kier alpha value is -0.458. The first kappa shape index (κ1) is 21.8. The minimum absolute atomic E-state index is 0. The van der Waals surface area contributed by atoms with Crippen LogP contribution in [0.3, 0.4) is 0 Å². The van der Waals surface area contributed by atoms with Crippen LogP contribution < -0.4 is 24.8 Å². The predicted molar refractivity (Wildman–Crippen MR) is 57.9 cm³/mol. The molecular formula is C12H14Cl2N2Pd. The van der Waals surface area contributed by atoms with Gasteiger partial charge in [0.25, 0.3) is 0 Å². The summed E-state index contributed by atoms with van der Waals surface area (Å²) < 4.78 is 0. The van der Waals surface area contributed by atoms with Crippen molar-refractivity contribution in [1.82, 2.24) is 9.97 Å². The largest absolute Gasteiger partial charge is 2.00 e. The van der Waals surface area contributed by atoms with E-state index >= 15 is 0 Å². The van der Waals surface area contributed by atoms with Gasteiger partial charge in [0.1, 0.15) is 0 Å². The molecule has 0 saturated carbocycles. The molecule has 2 nitrogen and oxygen atoms in total. The zero-order valence-electron chi connectivity index (χ0n) is 9.59. The van der Waals surface area contributed by atoms with Crippen LogP contribution in [0.4, 0.5) is 0 Å². The first-order valence-electron chi connectivity index (χ1n) is 4.54. The summed E-state index contributed by atoms with van der Waals surface area (Å²) in [7, 11) is 0. The standard InChI is InChI=1S/2C6H7N.2ClH.Pd/c2*1-6-4-2-3-5-7-6;;;/h2*2-5H,1H3;2*1H;/q;;;;+2/p-2. The summed E-state index contributed by atoms with van der Waals surface area (Å²) >= 11 is 0. The van der Waals surface area contributed by atoms with Gasteiger partial charge in [0.2, 0.25) is 0 Å². The summed E-state index contributed by atoms with van der Waals surface area (Å²) in [5, 5.41) is 0. The smallest absolute Gasteiger partial charge is 1.00 e. The van der Waals surface area contributed by atoms with E-state index in [4.69, 9.17) is 0 Å². The maximum Gasteiger partial charge on any atom is 2.00 e. The molecule has 2 aromatic rings. The Morgan fingerprint density at radius 1 is 0.706 bits per heavy atom. The molecule has 17 heavy (non-hydrogen) atoms. The number of hydrogen-bond acceptors (Lipinski definition) is 2. The van der Waals surface area contributed by atoms with Gasteiger partial charge in [-0.05, 0) is 38.1 Å². The van der Waals surface area contributed by atoms with E-state index in [1.165, 1.54) is 0 Å². The predicted octanol–water partition coefficient (Wildman–Crippen LogP) is -3.21. The van der Waals surface area contributed by atoms with Gasteiger partial charge in [0, 0.05) is 23.8 Å². The van der Waals surface area contributed by atoms with E-state index in [-0.39, 0.29) is 45.2 Å². The molecule has 2 rings (SSSR count). The molecule has 0 fully saturated rings.